The van der Waals surface area contributed by atoms with Gasteiger partial charge in [0.1, 0.15) is 6.61 Å². The Morgan fingerprint density at radius 1 is 1.38 bits per heavy atom. The van der Waals surface area contributed by atoms with E-state index in [-0.39, 0.29) is 5.54 Å². The number of hydrogen-bond donors (Lipinski definition) is 0. The van der Waals surface area contributed by atoms with E-state index in [9.17, 15) is 0 Å². The van der Waals surface area contributed by atoms with Gasteiger partial charge in [0.15, 0.2) is 0 Å². The number of rotatable bonds is 1. The van der Waals surface area contributed by atoms with Gasteiger partial charge in [-0.05, 0) is 19.8 Å². The fourth-order valence-corrected chi connectivity index (χ4v) is 2.17. The molecule has 0 atom stereocenters. The SMILES string of the molecule is C=C(C)C1=NC2(CCCCC2)CO1. The number of nitrogens with zero attached hydrogens (tertiary/aromatic N) is 1. The highest BCUT2D eigenvalue weighted by Crippen LogP contribution is 2.35. The summed E-state index contributed by atoms with van der Waals surface area (Å²) >= 11 is 0. The van der Waals surface area contributed by atoms with Gasteiger partial charge < -0.3 is 4.74 Å². The van der Waals surface area contributed by atoms with Gasteiger partial charge in [-0.1, -0.05) is 25.8 Å². The Morgan fingerprint density at radius 2 is 2.08 bits per heavy atom. The van der Waals surface area contributed by atoms with Crippen molar-refractivity contribution in [1.82, 2.24) is 0 Å². The van der Waals surface area contributed by atoms with E-state index in [1.807, 2.05) is 6.92 Å². The zero-order chi connectivity index (χ0) is 9.31. The average molecular weight is 179 g/mol. The Labute approximate surface area is 79.7 Å². The van der Waals surface area contributed by atoms with Crippen molar-refractivity contribution < 1.29 is 4.74 Å². The Bertz CT molecular complexity index is 249. The van der Waals surface area contributed by atoms with E-state index < -0.39 is 0 Å². The maximum absolute atomic E-state index is 5.56. The van der Waals surface area contributed by atoms with Gasteiger partial charge in [0.05, 0.1) is 5.54 Å². The molecule has 0 amide bonds. The second-order valence-electron chi connectivity index (χ2n) is 4.27. The van der Waals surface area contributed by atoms with Crippen LogP contribution in [0.15, 0.2) is 17.1 Å². The fraction of sp³-hybridized carbons (Fsp3) is 0.727. The van der Waals surface area contributed by atoms with Gasteiger partial charge in [-0.3, -0.25) is 0 Å². The molecule has 0 saturated heterocycles. The highest BCUT2D eigenvalue weighted by Gasteiger charge is 2.37. The van der Waals surface area contributed by atoms with Crippen LogP contribution in [0, 0.1) is 0 Å². The summed E-state index contributed by atoms with van der Waals surface area (Å²) in [4.78, 5) is 4.67. The molecule has 1 saturated carbocycles. The summed E-state index contributed by atoms with van der Waals surface area (Å²) in [7, 11) is 0. The highest BCUT2D eigenvalue weighted by molar-refractivity contribution is 5.93. The smallest absolute Gasteiger partial charge is 0.211 e. The molecule has 0 aromatic heterocycles. The molecule has 1 fully saturated rings. The topological polar surface area (TPSA) is 21.6 Å². The average Bonchev–Trinajstić information content (AvgIpc) is 2.51. The molecule has 2 heteroatoms. The summed E-state index contributed by atoms with van der Waals surface area (Å²) < 4.78 is 5.56. The van der Waals surface area contributed by atoms with Crippen molar-refractivity contribution in [2.45, 2.75) is 44.6 Å². The summed E-state index contributed by atoms with van der Waals surface area (Å²) in [6.07, 6.45) is 6.36. The fourth-order valence-electron chi connectivity index (χ4n) is 2.17. The Balaban J connectivity index is 2.13. The van der Waals surface area contributed by atoms with Crippen LogP contribution in [-0.2, 0) is 4.74 Å². The van der Waals surface area contributed by atoms with Crippen molar-refractivity contribution in [3.8, 4) is 0 Å². The lowest BCUT2D eigenvalue weighted by Crippen LogP contribution is -2.30. The van der Waals surface area contributed by atoms with Crippen LogP contribution < -0.4 is 0 Å². The lowest BCUT2D eigenvalue weighted by molar-refractivity contribution is 0.207. The van der Waals surface area contributed by atoms with Crippen LogP contribution in [0.3, 0.4) is 0 Å². The minimum absolute atomic E-state index is 0.131. The molecule has 1 aliphatic heterocycles. The molecule has 2 nitrogen and oxygen atoms in total. The van der Waals surface area contributed by atoms with Crippen LogP contribution in [0.1, 0.15) is 39.0 Å². The maximum Gasteiger partial charge on any atom is 0.211 e. The van der Waals surface area contributed by atoms with Crippen molar-refractivity contribution in [2.75, 3.05) is 6.61 Å². The second kappa shape index (κ2) is 3.17. The molecule has 0 bridgehead atoms. The van der Waals surface area contributed by atoms with Crippen molar-refractivity contribution in [3.63, 3.8) is 0 Å². The molecule has 13 heavy (non-hydrogen) atoms. The van der Waals surface area contributed by atoms with Crippen molar-refractivity contribution >= 4 is 5.90 Å². The Morgan fingerprint density at radius 3 is 2.62 bits per heavy atom. The van der Waals surface area contributed by atoms with Crippen LogP contribution in [0.5, 0.6) is 0 Å². The number of aliphatic imine (C=N–C) groups is 1. The van der Waals surface area contributed by atoms with E-state index in [1.165, 1.54) is 32.1 Å². The molecule has 2 rings (SSSR count). The van der Waals surface area contributed by atoms with Gasteiger partial charge in [-0.2, -0.15) is 0 Å². The lowest BCUT2D eigenvalue weighted by Gasteiger charge is -2.27. The summed E-state index contributed by atoms with van der Waals surface area (Å²) in [6.45, 7) is 6.61. The molecular formula is C11H17NO. The largest absolute Gasteiger partial charge is 0.475 e. The third kappa shape index (κ3) is 1.62. The van der Waals surface area contributed by atoms with Crippen LogP contribution in [0.4, 0.5) is 0 Å². The third-order valence-corrected chi connectivity index (χ3v) is 2.97. The second-order valence-corrected chi connectivity index (χ2v) is 4.27. The van der Waals surface area contributed by atoms with Crippen molar-refractivity contribution in [3.05, 3.63) is 12.2 Å². The van der Waals surface area contributed by atoms with E-state index in [4.69, 9.17) is 4.74 Å². The van der Waals surface area contributed by atoms with E-state index in [2.05, 4.69) is 11.6 Å². The quantitative estimate of drug-likeness (QED) is 0.606. The standard InChI is InChI=1S/C11H17NO/c1-9(2)10-12-11(8-13-10)6-4-3-5-7-11/h1,3-8H2,2H3. The first-order valence-electron chi connectivity index (χ1n) is 5.10. The van der Waals surface area contributed by atoms with E-state index in [0.717, 1.165) is 18.1 Å². The molecular weight excluding hydrogens is 162 g/mol. The first-order chi connectivity index (χ1) is 6.22. The van der Waals surface area contributed by atoms with E-state index in [1.54, 1.807) is 0 Å². The molecule has 0 aromatic carbocycles. The minimum Gasteiger partial charge on any atom is -0.475 e. The predicted octanol–water partition coefficient (Wildman–Crippen LogP) is 2.69. The molecule has 0 N–H and O–H groups in total. The maximum atomic E-state index is 5.56. The van der Waals surface area contributed by atoms with Gasteiger partial charge in [-0.25, -0.2) is 4.99 Å². The lowest BCUT2D eigenvalue weighted by atomic mass is 9.83. The predicted molar refractivity (Wildman–Crippen MR) is 54.0 cm³/mol. The van der Waals surface area contributed by atoms with E-state index in [0.29, 0.717) is 0 Å². The minimum atomic E-state index is 0.131. The number of ether oxygens (including phenoxy) is 1. The Kier molecular flexibility index (Phi) is 2.14. The molecule has 72 valence electrons. The summed E-state index contributed by atoms with van der Waals surface area (Å²) in [5, 5.41) is 0. The molecule has 0 unspecified atom stereocenters. The molecule has 0 aromatic rings. The van der Waals surface area contributed by atoms with Crippen LogP contribution in [0.25, 0.3) is 0 Å². The summed E-state index contributed by atoms with van der Waals surface area (Å²) in [5.74, 6) is 0.793. The molecule has 0 radical (unpaired) electrons. The number of hydrogen-bond acceptors (Lipinski definition) is 2. The third-order valence-electron chi connectivity index (χ3n) is 2.97. The zero-order valence-corrected chi connectivity index (χ0v) is 8.31. The van der Waals surface area contributed by atoms with Crippen LogP contribution in [-0.4, -0.2) is 18.0 Å². The van der Waals surface area contributed by atoms with Gasteiger partial charge >= 0.3 is 0 Å². The monoisotopic (exact) mass is 179 g/mol. The molecule has 1 heterocycles. The first kappa shape index (κ1) is 8.79. The first-order valence-corrected chi connectivity index (χ1v) is 5.10. The normalized spacial score (nSPS) is 25.5. The van der Waals surface area contributed by atoms with Gasteiger partial charge in [0.2, 0.25) is 5.90 Å². The molecule has 1 spiro atoms. The highest BCUT2D eigenvalue weighted by atomic mass is 16.5. The molecule has 1 aliphatic carbocycles. The van der Waals surface area contributed by atoms with Gasteiger partial charge in [0.25, 0.3) is 0 Å². The van der Waals surface area contributed by atoms with Gasteiger partial charge in [-0.15, -0.1) is 0 Å². The summed E-state index contributed by atoms with van der Waals surface area (Å²) in [6, 6.07) is 0. The van der Waals surface area contributed by atoms with Crippen molar-refractivity contribution in [2.24, 2.45) is 4.99 Å². The van der Waals surface area contributed by atoms with E-state index >= 15 is 0 Å². The van der Waals surface area contributed by atoms with Crippen LogP contribution >= 0.6 is 0 Å². The Hall–Kier alpha value is -0.790. The molecule has 2 aliphatic rings. The van der Waals surface area contributed by atoms with Gasteiger partial charge in [0, 0.05) is 5.57 Å². The zero-order valence-electron chi connectivity index (χ0n) is 8.31. The van der Waals surface area contributed by atoms with Crippen LogP contribution in [0.2, 0.25) is 0 Å². The summed E-state index contributed by atoms with van der Waals surface area (Å²) in [5.41, 5.74) is 1.09. The van der Waals surface area contributed by atoms with Crippen molar-refractivity contribution in [1.29, 1.82) is 0 Å².